The number of pyridine rings is 1. The van der Waals surface area contributed by atoms with Gasteiger partial charge in [0.25, 0.3) is 0 Å². The number of nitrogens with zero attached hydrogens (tertiary/aromatic N) is 4. The van der Waals surface area contributed by atoms with Gasteiger partial charge < -0.3 is 15.1 Å². The zero-order chi connectivity index (χ0) is 25.4. The van der Waals surface area contributed by atoms with Crippen molar-refractivity contribution in [2.45, 2.75) is 32.4 Å². The number of halogens is 6. The van der Waals surface area contributed by atoms with E-state index in [0.717, 1.165) is 37.7 Å². The highest BCUT2D eigenvalue weighted by Crippen LogP contribution is 2.23. The molecule has 0 radical (unpaired) electrons. The largest absolute Gasteiger partial charge is 0.490 e. The molecule has 0 bridgehead atoms. The van der Waals surface area contributed by atoms with Gasteiger partial charge in [-0.25, -0.2) is 19.6 Å². The van der Waals surface area contributed by atoms with Gasteiger partial charge in [0.2, 0.25) is 0 Å². The number of carbonyl (C=O) groups is 2. The van der Waals surface area contributed by atoms with Crippen molar-refractivity contribution >= 4 is 29.1 Å². The van der Waals surface area contributed by atoms with Crippen molar-refractivity contribution in [3.05, 3.63) is 40.0 Å². The molecule has 0 fully saturated rings. The molecule has 2 N–H and O–H groups in total. The molecule has 0 aliphatic carbocycles. The van der Waals surface area contributed by atoms with Crippen LogP contribution in [0.4, 0.5) is 32.2 Å². The molecule has 1 aliphatic rings. The average Bonchev–Trinajstić information content (AvgIpc) is 3.14. The number of hydrogen-bond donors (Lipinski definition) is 2. The van der Waals surface area contributed by atoms with Crippen molar-refractivity contribution in [3.63, 3.8) is 0 Å². The smallest absolute Gasteiger partial charge is 0.475 e. The molecule has 2 aromatic heterocycles. The highest BCUT2D eigenvalue weighted by atomic mass is 32.1. The lowest BCUT2D eigenvalue weighted by Crippen LogP contribution is -2.29. The molecule has 2 aromatic rings. The normalized spacial score (nSPS) is 14.1. The fraction of sp³-hybridized carbons (Fsp3) is 0.444. The third kappa shape index (κ3) is 10.0. The Balaban J connectivity index is 0.000000324. The molecular weight excluding hydrogens is 482 g/mol. The van der Waals surface area contributed by atoms with E-state index < -0.39 is 24.3 Å². The summed E-state index contributed by atoms with van der Waals surface area (Å²) in [6.07, 6.45) is -8.29. The van der Waals surface area contributed by atoms with E-state index in [1.807, 2.05) is 18.5 Å². The molecule has 15 heteroatoms. The van der Waals surface area contributed by atoms with Gasteiger partial charge in [0.05, 0.1) is 6.54 Å². The van der Waals surface area contributed by atoms with Crippen LogP contribution in [0.5, 0.6) is 0 Å². The van der Waals surface area contributed by atoms with Crippen LogP contribution < -0.4 is 4.90 Å². The first kappa shape index (κ1) is 28.1. The van der Waals surface area contributed by atoms with Crippen LogP contribution in [0.3, 0.4) is 0 Å². The van der Waals surface area contributed by atoms with Gasteiger partial charge in [0.1, 0.15) is 10.8 Å². The molecule has 3 rings (SSSR count). The summed E-state index contributed by atoms with van der Waals surface area (Å²) in [5, 5.41) is 17.5. The van der Waals surface area contributed by atoms with Gasteiger partial charge in [0, 0.05) is 49.5 Å². The van der Waals surface area contributed by atoms with Crippen molar-refractivity contribution in [2.75, 3.05) is 25.0 Å². The number of alkyl halides is 6. The maximum Gasteiger partial charge on any atom is 0.490 e. The molecule has 3 heterocycles. The summed E-state index contributed by atoms with van der Waals surface area (Å²) in [6.45, 7) is 5.98. The molecule has 0 unspecified atom stereocenters. The summed E-state index contributed by atoms with van der Waals surface area (Å²) in [5.41, 5.74) is 2.39. The first-order chi connectivity index (χ1) is 15.1. The van der Waals surface area contributed by atoms with Crippen LogP contribution in [0, 0.1) is 6.92 Å². The number of carboxylic acid groups (broad SMARTS) is 2. The van der Waals surface area contributed by atoms with Gasteiger partial charge in [-0.15, -0.1) is 11.3 Å². The number of aryl methyl sites for hydroxylation is 1. The summed E-state index contributed by atoms with van der Waals surface area (Å²) in [6, 6.07) is 4.30. The Bertz CT molecular complexity index is 898. The second-order valence-corrected chi connectivity index (χ2v) is 7.58. The predicted octanol–water partition coefficient (Wildman–Crippen LogP) is 3.57. The third-order valence-electron chi connectivity index (χ3n) is 3.93. The Morgan fingerprint density at radius 1 is 1.06 bits per heavy atom. The van der Waals surface area contributed by atoms with Crippen LogP contribution >= 0.6 is 11.3 Å². The molecule has 0 saturated heterocycles. The Hall–Kier alpha value is -2.94. The van der Waals surface area contributed by atoms with Crippen molar-refractivity contribution in [3.8, 4) is 0 Å². The Labute approximate surface area is 188 Å². The van der Waals surface area contributed by atoms with Gasteiger partial charge in [0.15, 0.2) is 0 Å². The van der Waals surface area contributed by atoms with E-state index in [9.17, 15) is 26.3 Å². The second-order valence-electron chi connectivity index (χ2n) is 6.60. The van der Waals surface area contributed by atoms with Crippen LogP contribution in [0.25, 0.3) is 0 Å². The van der Waals surface area contributed by atoms with Gasteiger partial charge in [-0.05, 0) is 13.0 Å². The first-order valence-electron chi connectivity index (χ1n) is 9.00. The number of likely N-dealkylation sites (N-methyl/N-ethyl adjacent to an activating group) is 1. The maximum absolute atomic E-state index is 10.6. The van der Waals surface area contributed by atoms with E-state index in [0.29, 0.717) is 0 Å². The molecule has 0 saturated carbocycles. The lowest BCUT2D eigenvalue weighted by Gasteiger charge is -2.19. The second kappa shape index (κ2) is 11.8. The molecule has 184 valence electrons. The number of fused-ring (bicyclic) bond motifs is 1. The predicted molar refractivity (Wildman–Crippen MR) is 106 cm³/mol. The Morgan fingerprint density at radius 2 is 1.61 bits per heavy atom. The fourth-order valence-electron chi connectivity index (χ4n) is 2.40. The molecule has 0 amide bonds. The van der Waals surface area contributed by atoms with Gasteiger partial charge in [-0.1, -0.05) is 6.07 Å². The van der Waals surface area contributed by atoms with Gasteiger partial charge in [-0.3, -0.25) is 4.90 Å². The highest BCUT2D eigenvalue weighted by Gasteiger charge is 2.38. The quantitative estimate of drug-likeness (QED) is 0.601. The SMILES string of the molecule is Cc1ccc2c(n1)N(C)CCN(Cc1nccs1)C2.O=C(O)C(F)(F)F.O=C(O)C(F)(F)F. The number of aromatic nitrogens is 2. The van der Waals surface area contributed by atoms with E-state index >= 15 is 0 Å². The van der Waals surface area contributed by atoms with E-state index in [1.54, 1.807) is 11.3 Å². The van der Waals surface area contributed by atoms with Crippen LogP contribution in [0.2, 0.25) is 0 Å². The number of thiazole rings is 1. The van der Waals surface area contributed by atoms with E-state index in [-0.39, 0.29) is 0 Å². The number of aliphatic carboxylic acids is 2. The zero-order valence-electron chi connectivity index (χ0n) is 17.3. The van der Waals surface area contributed by atoms with Crippen LogP contribution in [-0.2, 0) is 22.7 Å². The van der Waals surface area contributed by atoms with E-state index in [4.69, 9.17) is 19.8 Å². The maximum atomic E-state index is 10.6. The Morgan fingerprint density at radius 3 is 2.06 bits per heavy atom. The minimum Gasteiger partial charge on any atom is -0.475 e. The van der Waals surface area contributed by atoms with Crippen molar-refractivity contribution in [2.24, 2.45) is 0 Å². The summed E-state index contributed by atoms with van der Waals surface area (Å²) < 4.78 is 63.5. The summed E-state index contributed by atoms with van der Waals surface area (Å²) >= 11 is 1.73. The standard InChI is InChI=1S/C14H18N4S.2C2HF3O2/c1-11-3-4-12-9-18(10-13-15-5-8-19-13)7-6-17(2)14(12)16-11;2*3-2(4,5)1(6)7/h3-5,8H,6-7,9-10H2,1-2H3;2*(H,6,7). The fourth-order valence-corrected chi connectivity index (χ4v) is 3.06. The average molecular weight is 502 g/mol. The van der Waals surface area contributed by atoms with Crippen LogP contribution in [-0.4, -0.2) is 69.5 Å². The molecule has 33 heavy (non-hydrogen) atoms. The monoisotopic (exact) mass is 502 g/mol. The summed E-state index contributed by atoms with van der Waals surface area (Å²) in [7, 11) is 2.12. The lowest BCUT2D eigenvalue weighted by molar-refractivity contribution is -0.193. The molecule has 0 aromatic carbocycles. The highest BCUT2D eigenvalue weighted by molar-refractivity contribution is 7.09. The van der Waals surface area contributed by atoms with Crippen LogP contribution in [0.1, 0.15) is 16.3 Å². The topological polar surface area (TPSA) is 107 Å². The number of carboxylic acids is 2. The third-order valence-corrected chi connectivity index (χ3v) is 4.69. The Kier molecular flexibility index (Phi) is 10.0. The number of anilines is 1. The van der Waals surface area contributed by atoms with Crippen LogP contribution in [0.15, 0.2) is 23.7 Å². The van der Waals surface area contributed by atoms with E-state index in [1.165, 1.54) is 10.6 Å². The summed E-state index contributed by atoms with van der Waals surface area (Å²) in [5.74, 6) is -4.39. The minimum atomic E-state index is -5.08. The van der Waals surface area contributed by atoms with Crippen molar-refractivity contribution in [1.82, 2.24) is 14.9 Å². The molecule has 8 nitrogen and oxygen atoms in total. The molecule has 0 atom stereocenters. The molecule has 0 spiro atoms. The van der Waals surface area contributed by atoms with E-state index in [2.05, 4.69) is 38.9 Å². The van der Waals surface area contributed by atoms with Gasteiger partial charge in [-0.2, -0.15) is 26.3 Å². The van der Waals surface area contributed by atoms with Crippen molar-refractivity contribution in [1.29, 1.82) is 0 Å². The minimum absolute atomic E-state index is 0.929. The first-order valence-corrected chi connectivity index (χ1v) is 9.87. The lowest BCUT2D eigenvalue weighted by atomic mass is 10.2. The summed E-state index contributed by atoms with van der Waals surface area (Å²) in [4.78, 5) is 31.5. The number of hydrogen-bond acceptors (Lipinski definition) is 7. The van der Waals surface area contributed by atoms with Crippen molar-refractivity contribution < 1.29 is 46.1 Å². The molecular formula is C18H20F6N4O4S. The zero-order valence-corrected chi connectivity index (χ0v) is 18.1. The van der Waals surface area contributed by atoms with Gasteiger partial charge >= 0.3 is 24.3 Å². The number of rotatable bonds is 2. The molecule has 1 aliphatic heterocycles.